The largest absolute Gasteiger partial charge is 0.504 e. The summed E-state index contributed by atoms with van der Waals surface area (Å²) in [4.78, 5) is 21.8. The first-order valence-corrected chi connectivity index (χ1v) is 8.42. The van der Waals surface area contributed by atoms with Crippen LogP contribution in [0.5, 0.6) is 11.5 Å². The molecule has 1 aromatic carbocycles. The fraction of sp³-hybridized carbons (Fsp3) is 0.235. The maximum atomic E-state index is 12.1. The number of fused-ring (bicyclic) bond motifs is 1. The molecule has 0 radical (unpaired) electrons. The predicted octanol–water partition coefficient (Wildman–Crippen LogP) is 3.63. The summed E-state index contributed by atoms with van der Waals surface area (Å²) in [5, 5.41) is 13.8. The van der Waals surface area contributed by atoms with Crippen molar-refractivity contribution in [2.24, 2.45) is 0 Å². The van der Waals surface area contributed by atoms with E-state index in [1.807, 2.05) is 6.92 Å². The minimum atomic E-state index is -0.365. The van der Waals surface area contributed by atoms with Crippen molar-refractivity contribution < 1.29 is 19.4 Å². The van der Waals surface area contributed by atoms with E-state index in [1.54, 1.807) is 25.1 Å². The van der Waals surface area contributed by atoms with Gasteiger partial charge in [-0.3, -0.25) is 0 Å². The number of aryl methyl sites for hydroxylation is 1. The predicted molar refractivity (Wildman–Crippen MR) is 96.1 cm³/mol. The van der Waals surface area contributed by atoms with E-state index in [0.29, 0.717) is 33.6 Å². The monoisotopic (exact) mass is 359 g/mol. The molecule has 25 heavy (non-hydrogen) atoms. The molecule has 0 saturated heterocycles. The normalized spacial score (nSPS) is 10.7. The number of esters is 1. The maximum Gasteiger partial charge on any atom is 0.348 e. The number of hydrogen-bond acceptors (Lipinski definition) is 8. The van der Waals surface area contributed by atoms with E-state index >= 15 is 0 Å². The number of aromatic hydroxyl groups is 1. The van der Waals surface area contributed by atoms with Gasteiger partial charge in [-0.15, -0.1) is 11.3 Å². The van der Waals surface area contributed by atoms with Crippen LogP contribution in [0.25, 0.3) is 10.2 Å². The standard InChI is InChI=1S/C17H17N3O4S/c1-4-24-17(22)14-9(2)13-15(18-8-19-16(13)25-14)20-10-5-6-12(23-3)11(21)7-10/h5-8,21H,4H2,1-3H3,(H,18,19,20). The topological polar surface area (TPSA) is 93.6 Å². The van der Waals surface area contributed by atoms with Crippen LogP contribution in [-0.2, 0) is 4.74 Å². The Morgan fingerprint density at radius 3 is 2.84 bits per heavy atom. The number of phenolic OH excluding ortho intramolecular Hbond substituents is 1. The highest BCUT2D eigenvalue weighted by Crippen LogP contribution is 2.36. The molecule has 0 amide bonds. The molecule has 2 aromatic heterocycles. The Balaban J connectivity index is 2.02. The fourth-order valence-corrected chi connectivity index (χ4v) is 3.50. The number of phenols is 1. The summed E-state index contributed by atoms with van der Waals surface area (Å²) in [5.74, 6) is 0.594. The third-order valence-corrected chi connectivity index (χ3v) is 4.81. The van der Waals surface area contributed by atoms with Crippen LogP contribution in [0.3, 0.4) is 0 Å². The third kappa shape index (κ3) is 3.20. The van der Waals surface area contributed by atoms with Gasteiger partial charge in [-0.2, -0.15) is 0 Å². The number of thiophene rings is 1. The highest BCUT2D eigenvalue weighted by atomic mass is 32.1. The first kappa shape index (κ1) is 17.0. The molecule has 0 saturated carbocycles. The lowest BCUT2D eigenvalue weighted by atomic mass is 10.2. The molecule has 3 rings (SSSR count). The molecule has 2 N–H and O–H groups in total. The third-order valence-electron chi connectivity index (χ3n) is 3.63. The van der Waals surface area contributed by atoms with Crippen LogP contribution in [-0.4, -0.2) is 34.8 Å². The molecule has 0 unspecified atom stereocenters. The quantitative estimate of drug-likeness (QED) is 0.672. The molecule has 0 atom stereocenters. The van der Waals surface area contributed by atoms with Gasteiger partial charge >= 0.3 is 5.97 Å². The fourth-order valence-electron chi connectivity index (χ4n) is 2.46. The Labute approximate surface area is 148 Å². The number of hydrogen-bond donors (Lipinski definition) is 2. The van der Waals surface area contributed by atoms with Crippen LogP contribution < -0.4 is 10.1 Å². The highest BCUT2D eigenvalue weighted by molar-refractivity contribution is 7.20. The Morgan fingerprint density at radius 2 is 2.16 bits per heavy atom. The minimum absolute atomic E-state index is 0.0204. The number of nitrogens with zero attached hydrogens (tertiary/aromatic N) is 2. The van der Waals surface area contributed by atoms with Crippen LogP contribution in [0.2, 0.25) is 0 Å². The number of ether oxygens (including phenoxy) is 2. The van der Waals surface area contributed by atoms with E-state index in [-0.39, 0.29) is 11.7 Å². The highest BCUT2D eigenvalue weighted by Gasteiger charge is 2.20. The lowest BCUT2D eigenvalue weighted by molar-refractivity contribution is 0.0531. The molecule has 0 aliphatic rings. The number of methoxy groups -OCH3 is 1. The van der Waals surface area contributed by atoms with Crippen molar-refractivity contribution in [3.05, 3.63) is 35.0 Å². The van der Waals surface area contributed by atoms with Crippen LogP contribution in [0, 0.1) is 6.92 Å². The Morgan fingerprint density at radius 1 is 1.36 bits per heavy atom. The number of benzene rings is 1. The van der Waals surface area contributed by atoms with E-state index in [2.05, 4.69) is 15.3 Å². The van der Waals surface area contributed by atoms with E-state index in [4.69, 9.17) is 9.47 Å². The van der Waals surface area contributed by atoms with Crippen molar-refractivity contribution in [3.8, 4) is 11.5 Å². The molecule has 130 valence electrons. The molecule has 0 fully saturated rings. The summed E-state index contributed by atoms with van der Waals surface area (Å²) < 4.78 is 10.1. The average Bonchev–Trinajstić information content (AvgIpc) is 2.93. The molecule has 8 heteroatoms. The zero-order valence-electron chi connectivity index (χ0n) is 14.0. The molecule has 3 aromatic rings. The Hall–Kier alpha value is -2.87. The van der Waals surface area contributed by atoms with Crippen molar-refractivity contribution in [2.75, 3.05) is 19.0 Å². The van der Waals surface area contributed by atoms with Gasteiger partial charge in [0.15, 0.2) is 11.5 Å². The summed E-state index contributed by atoms with van der Waals surface area (Å²) in [7, 11) is 1.49. The number of carbonyl (C=O) groups excluding carboxylic acids is 1. The van der Waals surface area contributed by atoms with Gasteiger partial charge in [0, 0.05) is 11.8 Å². The lowest BCUT2D eigenvalue weighted by Gasteiger charge is -2.09. The minimum Gasteiger partial charge on any atom is -0.504 e. The van der Waals surface area contributed by atoms with Crippen LogP contribution in [0.1, 0.15) is 22.2 Å². The first-order valence-electron chi connectivity index (χ1n) is 7.60. The Bertz CT molecular complexity index is 939. The van der Waals surface area contributed by atoms with Crippen molar-refractivity contribution >= 4 is 39.0 Å². The van der Waals surface area contributed by atoms with E-state index < -0.39 is 0 Å². The van der Waals surface area contributed by atoms with Crippen LogP contribution >= 0.6 is 11.3 Å². The summed E-state index contributed by atoms with van der Waals surface area (Å²) in [6, 6.07) is 4.96. The molecular weight excluding hydrogens is 342 g/mol. The first-order chi connectivity index (χ1) is 12.0. The molecule has 0 aliphatic heterocycles. The molecular formula is C17H17N3O4S. The number of carbonyl (C=O) groups is 1. The van der Waals surface area contributed by atoms with Gasteiger partial charge in [-0.1, -0.05) is 0 Å². The molecule has 0 spiro atoms. The smallest absolute Gasteiger partial charge is 0.348 e. The Kier molecular flexibility index (Phi) is 4.71. The van der Waals surface area contributed by atoms with Gasteiger partial charge in [0.2, 0.25) is 0 Å². The van der Waals surface area contributed by atoms with Crippen LogP contribution in [0.4, 0.5) is 11.5 Å². The molecule has 2 heterocycles. The van der Waals surface area contributed by atoms with E-state index in [1.165, 1.54) is 24.8 Å². The van der Waals surface area contributed by atoms with Gasteiger partial charge in [0.05, 0.1) is 19.1 Å². The second kappa shape index (κ2) is 6.94. The summed E-state index contributed by atoms with van der Waals surface area (Å²) >= 11 is 1.27. The average molecular weight is 359 g/mol. The molecule has 0 bridgehead atoms. The summed E-state index contributed by atoms with van der Waals surface area (Å²) in [6.45, 7) is 3.92. The number of rotatable bonds is 5. The van der Waals surface area contributed by atoms with Gasteiger partial charge in [0.1, 0.15) is 21.9 Å². The summed E-state index contributed by atoms with van der Waals surface area (Å²) in [6.07, 6.45) is 1.43. The maximum absolute atomic E-state index is 12.1. The van der Waals surface area contributed by atoms with Crippen LogP contribution in [0.15, 0.2) is 24.5 Å². The number of anilines is 2. The second-order valence-corrected chi connectivity index (χ2v) is 6.19. The van der Waals surface area contributed by atoms with Gasteiger partial charge in [0.25, 0.3) is 0 Å². The van der Waals surface area contributed by atoms with Gasteiger partial charge in [-0.05, 0) is 31.5 Å². The number of nitrogens with one attached hydrogen (secondary N) is 1. The lowest BCUT2D eigenvalue weighted by Crippen LogP contribution is -2.03. The zero-order valence-corrected chi connectivity index (χ0v) is 14.8. The van der Waals surface area contributed by atoms with E-state index in [0.717, 1.165) is 10.9 Å². The SMILES string of the molecule is CCOC(=O)c1sc2ncnc(Nc3ccc(OC)c(O)c3)c2c1C. The van der Waals surface area contributed by atoms with E-state index in [9.17, 15) is 9.90 Å². The molecule has 0 aliphatic carbocycles. The van der Waals surface area contributed by atoms with Crippen molar-refractivity contribution in [1.29, 1.82) is 0 Å². The van der Waals surface area contributed by atoms with Crippen molar-refractivity contribution in [3.63, 3.8) is 0 Å². The number of aromatic nitrogens is 2. The van der Waals surface area contributed by atoms with Gasteiger partial charge < -0.3 is 19.9 Å². The summed E-state index contributed by atoms with van der Waals surface area (Å²) in [5.41, 5.74) is 1.40. The molecule has 7 nitrogen and oxygen atoms in total. The second-order valence-electron chi connectivity index (χ2n) is 5.19. The van der Waals surface area contributed by atoms with Crippen molar-refractivity contribution in [1.82, 2.24) is 9.97 Å². The van der Waals surface area contributed by atoms with Gasteiger partial charge in [-0.25, -0.2) is 14.8 Å². The zero-order chi connectivity index (χ0) is 18.0. The van der Waals surface area contributed by atoms with Crippen molar-refractivity contribution in [2.45, 2.75) is 13.8 Å².